The van der Waals surface area contributed by atoms with Gasteiger partial charge in [-0.1, -0.05) is 5.16 Å². The molecule has 0 bridgehead atoms. The molecule has 1 fully saturated rings. The molecule has 1 saturated carbocycles. The van der Waals surface area contributed by atoms with E-state index in [-0.39, 0.29) is 5.84 Å². The van der Waals surface area contributed by atoms with Crippen molar-refractivity contribution in [2.75, 3.05) is 6.26 Å². The van der Waals surface area contributed by atoms with Crippen molar-refractivity contribution in [3.63, 3.8) is 0 Å². The van der Waals surface area contributed by atoms with Gasteiger partial charge in [-0.05, 0) is 19.3 Å². The minimum Gasteiger partial charge on any atom is -0.409 e. The zero-order chi connectivity index (χ0) is 9.41. The standard InChI is InChI=1S/C6H12N2O3S/c1-12(10,11)6(3-2-4-6)5(7)8-9/h9H,2-4H2,1H3,(H2,7,8). The summed E-state index contributed by atoms with van der Waals surface area (Å²) >= 11 is 0. The van der Waals surface area contributed by atoms with Crippen LogP contribution in [0.3, 0.4) is 0 Å². The molecule has 0 aromatic heterocycles. The first-order valence-corrected chi connectivity index (χ1v) is 5.51. The van der Waals surface area contributed by atoms with Crippen molar-refractivity contribution in [1.82, 2.24) is 0 Å². The summed E-state index contributed by atoms with van der Waals surface area (Å²) in [5.41, 5.74) is 5.32. The molecule has 70 valence electrons. The smallest absolute Gasteiger partial charge is 0.160 e. The number of oxime groups is 1. The van der Waals surface area contributed by atoms with E-state index in [1.807, 2.05) is 0 Å². The number of sulfone groups is 1. The summed E-state index contributed by atoms with van der Waals surface area (Å²) in [4.78, 5) is 0. The Hall–Kier alpha value is -0.780. The molecule has 3 N–H and O–H groups in total. The summed E-state index contributed by atoms with van der Waals surface area (Å²) in [7, 11) is -3.25. The molecule has 0 aromatic carbocycles. The van der Waals surface area contributed by atoms with Crippen LogP contribution in [0.1, 0.15) is 19.3 Å². The van der Waals surface area contributed by atoms with Crippen LogP contribution in [0.5, 0.6) is 0 Å². The monoisotopic (exact) mass is 192 g/mol. The second kappa shape index (κ2) is 2.62. The van der Waals surface area contributed by atoms with Crippen LogP contribution >= 0.6 is 0 Å². The highest BCUT2D eigenvalue weighted by atomic mass is 32.2. The van der Waals surface area contributed by atoms with Crippen LogP contribution in [0.25, 0.3) is 0 Å². The van der Waals surface area contributed by atoms with Gasteiger partial charge in [-0.25, -0.2) is 8.42 Å². The molecular formula is C6H12N2O3S. The molecule has 1 rings (SSSR count). The minimum atomic E-state index is -3.25. The van der Waals surface area contributed by atoms with Gasteiger partial charge in [0.15, 0.2) is 15.7 Å². The van der Waals surface area contributed by atoms with Gasteiger partial charge < -0.3 is 10.9 Å². The van der Waals surface area contributed by atoms with E-state index in [1.54, 1.807) is 0 Å². The molecule has 5 nitrogen and oxygen atoms in total. The zero-order valence-corrected chi connectivity index (χ0v) is 7.63. The number of hydrogen-bond donors (Lipinski definition) is 2. The quantitative estimate of drug-likeness (QED) is 0.272. The molecule has 1 aliphatic carbocycles. The van der Waals surface area contributed by atoms with Crippen LogP contribution < -0.4 is 5.73 Å². The Morgan fingerprint density at radius 3 is 2.17 bits per heavy atom. The summed E-state index contributed by atoms with van der Waals surface area (Å²) in [5, 5.41) is 11.2. The SMILES string of the molecule is CS(=O)(=O)C1(/C(N)=N\O)CCC1. The molecule has 0 unspecified atom stereocenters. The van der Waals surface area contributed by atoms with Crippen LogP contribution in [0.2, 0.25) is 0 Å². The third-order valence-corrected chi connectivity index (χ3v) is 4.48. The first-order chi connectivity index (χ1) is 5.44. The maximum atomic E-state index is 11.3. The van der Waals surface area contributed by atoms with Gasteiger partial charge in [-0.3, -0.25) is 0 Å². The van der Waals surface area contributed by atoms with Crippen molar-refractivity contribution in [1.29, 1.82) is 0 Å². The Labute approximate surface area is 71.2 Å². The van der Waals surface area contributed by atoms with Crippen LogP contribution in [0.15, 0.2) is 5.16 Å². The summed E-state index contributed by atoms with van der Waals surface area (Å²) in [6, 6.07) is 0. The van der Waals surface area contributed by atoms with E-state index in [2.05, 4.69) is 5.16 Å². The Balaban J connectivity index is 3.08. The van der Waals surface area contributed by atoms with E-state index in [1.165, 1.54) is 0 Å². The van der Waals surface area contributed by atoms with Crippen molar-refractivity contribution in [3.8, 4) is 0 Å². The topological polar surface area (TPSA) is 92.8 Å². The van der Waals surface area contributed by atoms with Gasteiger partial charge in [0.25, 0.3) is 0 Å². The maximum absolute atomic E-state index is 11.3. The fourth-order valence-electron chi connectivity index (χ4n) is 1.41. The van der Waals surface area contributed by atoms with E-state index in [0.717, 1.165) is 12.7 Å². The lowest BCUT2D eigenvalue weighted by Gasteiger charge is -2.38. The number of amidine groups is 1. The van der Waals surface area contributed by atoms with Crippen LogP contribution in [0, 0.1) is 0 Å². The third kappa shape index (κ3) is 1.06. The van der Waals surface area contributed by atoms with Gasteiger partial charge in [-0.15, -0.1) is 0 Å². The molecule has 6 heteroatoms. The van der Waals surface area contributed by atoms with Crippen LogP contribution in [-0.4, -0.2) is 30.5 Å². The van der Waals surface area contributed by atoms with Gasteiger partial charge in [-0.2, -0.15) is 0 Å². The van der Waals surface area contributed by atoms with Crippen LogP contribution in [-0.2, 0) is 9.84 Å². The van der Waals surface area contributed by atoms with Crippen molar-refractivity contribution in [3.05, 3.63) is 0 Å². The Morgan fingerprint density at radius 1 is 1.58 bits per heavy atom. The summed E-state index contributed by atoms with van der Waals surface area (Å²) in [6.07, 6.45) is 2.84. The molecule has 12 heavy (non-hydrogen) atoms. The van der Waals surface area contributed by atoms with Crippen molar-refractivity contribution >= 4 is 15.7 Å². The predicted octanol–water partition coefficient (Wildman–Crippen LogP) is -0.300. The molecule has 0 aliphatic heterocycles. The second-order valence-corrected chi connectivity index (χ2v) is 5.43. The number of nitrogens with zero attached hydrogens (tertiary/aromatic N) is 1. The maximum Gasteiger partial charge on any atom is 0.160 e. The van der Waals surface area contributed by atoms with E-state index >= 15 is 0 Å². The Morgan fingerprint density at radius 2 is 2.08 bits per heavy atom. The van der Waals surface area contributed by atoms with Gasteiger partial charge in [0, 0.05) is 6.26 Å². The highest BCUT2D eigenvalue weighted by Gasteiger charge is 2.50. The minimum absolute atomic E-state index is 0.184. The van der Waals surface area contributed by atoms with Gasteiger partial charge in [0.05, 0.1) is 0 Å². The summed E-state index contributed by atoms with van der Waals surface area (Å²) < 4.78 is 21.4. The molecule has 0 aromatic rings. The van der Waals surface area contributed by atoms with E-state index in [4.69, 9.17) is 10.9 Å². The zero-order valence-electron chi connectivity index (χ0n) is 6.82. The molecule has 1 aliphatic rings. The number of nitrogens with two attached hydrogens (primary N) is 1. The molecule has 0 atom stereocenters. The fourth-order valence-corrected chi connectivity index (χ4v) is 2.86. The number of rotatable bonds is 2. The first-order valence-electron chi connectivity index (χ1n) is 3.62. The lowest BCUT2D eigenvalue weighted by Crippen LogP contribution is -2.55. The Kier molecular flexibility index (Phi) is 2.03. The van der Waals surface area contributed by atoms with E-state index in [0.29, 0.717) is 12.8 Å². The number of hydrogen-bond acceptors (Lipinski definition) is 4. The molecule has 0 saturated heterocycles. The molecule has 0 spiro atoms. The molecular weight excluding hydrogens is 180 g/mol. The van der Waals surface area contributed by atoms with Gasteiger partial charge in [0.1, 0.15) is 4.75 Å². The van der Waals surface area contributed by atoms with Crippen molar-refractivity contribution in [2.45, 2.75) is 24.0 Å². The van der Waals surface area contributed by atoms with E-state index < -0.39 is 14.6 Å². The molecule has 0 radical (unpaired) electrons. The Bertz CT molecular complexity index is 303. The van der Waals surface area contributed by atoms with Crippen molar-refractivity contribution in [2.24, 2.45) is 10.9 Å². The molecule has 0 amide bonds. The third-order valence-electron chi connectivity index (χ3n) is 2.45. The average molecular weight is 192 g/mol. The lowest BCUT2D eigenvalue weighted by atomic mass is 9.83. The lowest BCUT2D eigenvalue weighted by molar-refractivity contribution is 0.307. The summed E-state index contributed by atoms with van der Waals surface area (Å²) in [6.45, 7) is 0. The van der Waals surface area contributed by atoms with Gasteiger partial charge >= 0.3 is 0 Å². The predicted molar refractivity (Wildman–Crippen MR) is 44.8 cm³/mol. The van der Waals surface area contributed by atoms with Crippen LogP contribution in [0.4, 0.5) is 0 Å². The van der Waals surface area contributed by atoms with Gasteiger partial charge in [0.2, 0.25) is 0 Å². The average Bonchev–Trinajstić information content (AvgIpc) is 1.81. The highest BCUT2D eigenvalue weighted by molar-refractivity contribution is 7.93. The largest absolute Gasteiger partial charge is 0.409 e. The van der Waals surface area contributed by atoms with Crippen molar-refractivity contribution < 1.29 is 13.6 Å². The normalized spacial score (nSPS) is 23.2. The first kappa shape index (κ1) is 9.31. The fraction of sp³-hybridized carbons (Fsp3) is 0.833. The second-order valence-electron chi connectivity index (χ2n) is 3.11. The molecule has 0 heterocycles. The summed E-state index contributed by atoms with van der Waals surface area (Å²) in [5.74, 6) is -0.184. The van der Waals surface area contributed by atoms with E-state index in [9.17, 15) is 8.42 Å². The highest BCUT2D eigenvalue weighted by Crippen LogP contribution is 2.38.